The van der Waals surface area contributed by atoms with E-state index in [0.717, 1.165) is 6.42 Å². The van der Waals surface area contributed by atoms with Crippen molar-refractivity contribution in [3.05, 3.63) is 34.1 Å². The maximum Gasteiger partial charge on any atom is 0.252 e. The molecule has 1 unspecified atom stereocenters. The van der Waals surface area contributed by atoms with Gasteiger partial charge in [0.05, 0.1) is 5.56 Å². The van der Waals surface area contributed by atoms with Crippen LogP contribution in [0.1, 0.15) is 29.6 Å². The maximum atomic E-state index is 12.9. The summed E-state index contributed by atoms with van der Waals surface area (Å²) in [6.45, 7) is 0.688. The van der Waals surface area contributed by atoms with Gasteiger partial charge in [0.25, 0.3) is 5.91 Å². The average Bonchev–Trinajstić information content (AvgIpc) is 2.37. The lowest BCUT2D eigenvalue weighted by molar-refractivity contribution is 0.0952. The normalized spacial score (nSPS) is 19.6. The highest BCUT2D eigenvalue weighted by atomic mass is 79.9. The molecule has 1 heterocycles. The zero-order valence-electron chi connectivity index (χ0n) is 9.92. The van der Waals surface area contributed by atoms with Crippen LogP contribution in [0.15, 0.2) is 22.7 Å². The first-order valence-electron chi connectivity index (χ1n) is 6.01. The summed E-state index contributed by atoms with van der Waals surface area (Å²) in [5.41, 5.74) is 0.484. The summed E-state index contributed by atoms with van der Waals surface area (Å²) in [5, 5.41) is 3.43. The number of benzene rings is 1. The van der Waals surface area contributed by atoms with Gasteiger partial charge in [0.1, 0.15) is 5.82 Å². The van der Waals surface area contributed by atoms with E-state index in [1.807, 2.05) is 11.8 Å². The molecule has 0 aromatic heterocycles. The number of halogens is 2. The Morgan fingerprint density at radius 3 is 3.00 bits per heavy atom. The summed E-state index contributed by atoms with van der Waals surface area (Å²) < 4.78 is 13.4. The van der Waals surface area contributed by atoms with Gasteiger partial charge in [0, 0.05) is 16.3 Å². The molecule has 0 radical (unpaired) electrons. The Balaban J connectivity index is 1.90. The molecule has 18 heavy (non-hydrogen) atoms. The van der Waals surface area contributed by atoms with Gasteiger partial charge in [0.15, 0.2) is 0 Å². The Labute approximate surface area is 119 Å². The molecule has 1 saturated heterocycles. The quantitative estimate of drug-likeness (QED) is 0.916. The van der Waals surface area contributed by atoms with Gasteiger partial charge in [-0.2, -0.15) is 11.8 Å². The van der Waals surface area contributed by atoms with Crippen LogP contribution in [0.4, 0.5) is 4.39 Å². The van der Waals surface area contributed by atoms with Crippen LogP contribution in [0.25, 0.3) is 0 Å². The third-order valence-electron chi connectivity index (χ3n) is 2.94. The molecule has 5 heteroatoms. The molecule has 2 rings (SSSR count). The Hall–Kier alpha value is -0.550. The number of carbonyl (C=O) groups excluding carboxylic acids is 1. The fraction of sp³-hybridized carbons (Fsp3) is 0.462. The fourth-order valence-corrected chi connectivity index (χ4v) is 3.71. The lowest BCUT2D eigenvalue weighted by Gasteiger charge is -2.21. The minimum Gasteiger partial charge on any atom is -0.351 e. The predicted molar refractivity (Wildman–Crippen MR) is 76.5 cm³/mol. The first-order valence-corrected chi connectivity index (χ1v) is 7.86. The molecule has 1 aromatic rings. The van der Waals surface area contributed by atoms with Crippen molar-refractivity contribution < 1.29 is 9.18 Å². The van der Waals surface area contributed by atoms with Gasteiger partial charge in [-0.05, 0) is 52.7 Å². The van der Waals surface area contributed by atoms with Crippen LogP contribution in [-0.2, 0) is 0 Å². The first kappa shape index (κ1) is 13.9. The monoisotopic (exact) mass is 331 g/mol. The van der Waals surface area contributed by atoms with Crippen LogP contribution in [0, 0.1) is 5.82 Å². The summed E-state index contributed by atoms with van der Waals surface area (Å²) in [4.78, 5) is 11.9. The van der Waals surface area contributed by atoms with Gasteiger partial charge in [-0.3, -0.25) is 4.79 Å². The Bertz CT molecular complexity index is 435. The molecule has 1 N–H and O–H groups in total. The maximum absolute atomic E-state index is 12.9. The zero-order chi connectivity index (χ0) is 13.0. The smallest absolute Gasteiger partial charge is 0.252 e. The largest absolute Gasteiger partial charge is 0.351 e. The van der Waals surface area contributed by atoms with Gasteiger partial charge in [-0.1, -0.05) is 6.42 Å². The van der Waals surface area contributed by atoms with E-state index in [2.05, 4.69) is 21.2 Å². The minimum absolute atomic E-state index is 0.145. The summed E-state index contributed by atoms with van der Waals surface area (Å²) >= 11 is 5.13. The molecule has 0 saturated carbocycles. The van der Waals surface area contributed by atoms with E-state index < -0.39 is 0 Å². The molecule has 1 atom stereocenters. The lowest BCUT2D eigenvalue weighted by Crippen LogP contribution is -2.32. The number of thioether (sulfide) groups is 1. The van der Waals surface area contributed by atoms with Crippen molar-refractivity contribution >= 4 is 33.6 Å². The number of rotatable bonds is 3. The second kappa shape index (κ2) is 6.57. The predicted octanol–water partition coefficient (Wildman–Crippen LogP) is 3.60. The second-order valence-corrected chi connectivity index (χ2v) is 6.59. The SMILES string of the molecule is O=C(NCC1CCCCS1)c1ccc(F)cc1Br. The molecule has 0 bridgehead atoms. The van der Waals surface area contributed by atoms with Crippen molar-refractivity contribution in [3.8, 4) is 0 Å². The highest BCUT2D eigenvalue weighted by molar-refractivity contribution is 9.10. The minimum atomic E-state index is -0.346. The molecule has 1 fully saturated rings. The standard InChI is InChI=1S/C13H15BrFNOS/c14-12-7-9(15)4-5-11(12)13(17)16-8-10-3-1-2-6-18-10/h4-5,7,10H,1-3,6,8H2,(H,16,17). The van der Waals surface area contributed by atoms with Crippen LogP contribution < -0.4 is 5.32 Å². The summed E-state index contributed by atoms with van der Waals surface area (Å²) in [6.07, 6.45) is 3.68. The first-order chi connectivity index (χ1) is 8.66. The van der Waals surface area contributed by atoms with E-state index in [-0.39, 0.29) is 11.7 Å². The number of hydrogen-bond acceptors (Lipinski definition) is 2. The molecule has 1 amide bonds. The second-order valence-electron chi connectivity index (χ2n) is 4.32. The van der Waals surface area contributed by atoms with E-state index in [4.69, 9.17) is 0 Å². The number of amides is 1. The molecular formula is C13H15BrFNOS. The number of nitrogens with one attached hydrogen (secondary N) is 1. The van der Waals surface area contributed by atoms with Crippen LogP contribution in [-0.4, -0.2) is 23.5 Å². The van der Waals surface area contributed by atoms with Crippen LogP contribution in [0.2, 0.25) is 0 Å². The molecular weight excluding hydrogens is 317 g/mol. The van der Waals surface area contributed by atoms with Gasteiger partial charge >= 0.3 is 0 Å². The molecule has 98 valence electrons. The van der Waals surface area contributed by atoms with E-state index in [1.54, 1.807) is 0 Å². The third-order valence-corrected chi connectivity index (χ3v) is 4.99. The molecule has 1 aliphatic heterocycles. The average molecular weight is 332 g/mol. The van der Waals surface area contributed by atoms with Crippen LogP contribution in [0.5, 0.6) is 0 Å². The van der Waals surface area contributed by atoms with Crippen molar-refractivity contribution in [2.45, 2.75) is 24.5 Å². The van der Waals surface area contributed by atoms with E-state index in [0.29, 0.717) is 21.8 Å². The Kier molecular flexibility index (Phi) is 5.06. The number of hydrogen-bond donors (Lipinski definition) is 1. The topological polar surface area (TPSA) is 29.1 Å². The number of carbonyl (C=O) groups is 1. The van der Waals surface area contributed by atoms with E-state index in [9.17, 15) is 9.18 Å². The zero-order valence-corrected chi connectivity index (χ0v) is 12.3. The lowest BCUT2D eigenvalue weighted by atomic mass is 10.1. The summed E-state index contributed by atoms with van der Waals surface area (Å²) in [7, 11) is 0. The van der Waals surface area contributed by atoms with Gasteiger partial charge in [-0.15, -0.1) is 0 Å². The van der Waals surface area contributed by atoms with Gasteiger partial charge in [-0.25, -0.2) is 4.39 Å². The molecule has 1 aliphatic rings. The van der Waals surface area contributed by atoms with Crippen LogP contribution >= 0.6 is 27.7 Å². The van der Waals surface area contributed by atoms with Crippen molar-refractivity contribution in [1.29, 1.82) is 0 Å². The van der Waals surface area contributed by atoms with Crippen molar-refractivity contribution in [1.82, 2.24) is 5.32 Å². The summed E-state index contributed by atoms with van der Waals surface area (Å²) in [6, 6.07) is 4.11. The van der Waals surface area contributed by atoms with E-state index in [1.165, 1.54) is 36.8 Å². The Morgan fingerprint density at radius 1 is 1.50 bits per heavy atom. The van der Waals surface area contributed by atoms with Crippen molar-refractivity contribution in [2.24, 2.45) is 0 Å². The molecule has 2 nitrogen and oxygen atoms in total. The van der Waals surface area contributed by atoms with Gasteiger partial charge < -0.3 is 5.32 Å². The Morgan fingerprint density at radius 2 is 2.33 bits per heavy atom. The molecule has 0 spiro atoms. The highest BCUT2D eigenvalue weighted by Crippen LogP contribution is 2.24. The fourth-order valence-electron chi connectivity index (χ4n) is 1.94. The van der Waals surface area contributed by atoms with E-state index >= 15 is 0 Å². The van der Waals surface area contributed by atoms with Gasteiger partial charge in [0.2, 0.25) is 0 Å². The van der Waals surface area contributed by atoms with Crippen LogP contribution in [0.3, 0.4) is 0 Å². The summed E-state index contributed by atoms with van der Waals surface area (Å²) in [5.74, 6) is 0.690. The molecule has 1 aromatic carbocycles. The highest BCUT2D eigenvalue weighted by Gasteiger charge is 2.16. The molecule has 0 aliphatic carbocycles. The third kappa shape index (κ3) is 3.72. The van der Waals surface area contributed by atoms with Crippen molar-refractivity contribution in [2.75, 3.05) is 12.3 Å². The van der Waals surface area contributed by atoms with Crippen molar-refractivity contribution in [3.63, 3.8) is 0 Å².